The van der Waals surface area contributed by atoms with Gasteiger partial charge in [-0.2, -0.15) is 0 Å². The van der Waals surface area contributed by atoms with Crippen LogP contribution < -0.4 is 15.0 Å². The smallest absolute Gasteiger partial charge is 0.265 e. The molecule has 0 saturated heterocycles. The van der Waals surface area contributed by atoms with Crippen LogP contribution in [-0.2, 0) is 16.0 Å². The van der Waals surface area contributed by atoms with Gasteiger partial charge < -0.3 is 10.1 Å². The average Bonchev–Trinajstić information content (AvgIpc) is 2.70. The topological polar surface area (TPSA) is 75.7 Å². The largest absolute Gasteiger partial charge is 0.482 e. The van der Waals surface area contributed by atoms with Gasteiger partial charge in [0, 0.05) is 18.5 Å². The molecule has 0 radical (unpaired) electrons. The van der Waals surface area contributed by atoms with E-state index in [9.17, 15) is 14.4 Å². The maximum absolute atomic E-state index is 12.3. The number of fused-ring (bicyclic) bond motifs is 1. The lowest BCUT2D eigenvalue weighted by atomic mass is 10.1. The normalized spacial score (nSPS) is 12.9. The molecule has 1 aliphatic rings. The molecule has 140 valence electrons. The molecule has 0 saturated carbocycles. The number of ether oxygens (including phenoxy) is 1. The van der Waals surface area contributed by atoms with Crippen LogP contribution in [0.4, 0.5) is 5.69 Å². The first-order valence-corrected chi connectivity index (χ1v) is 8.99. The van der Waals surface area contributed by atoms with Gasteiger partial charge in [0.1, 0.15) is 12.3 Å². The summed E-state index contributed by atoms with van der Waals surface area (Å²) >= 11 is 0. The van der Waals surface area contributed by atoms with Gasteiger partial charge in [-0.3, -0.25) is 19.3 Å². The fraction of sp³-hybridized carbons (Fsp3) is 0.286. The number of nitrogens with zero attached hydrogens (tertiary/aromatic N) is 1. The van der Waals surface area contributed by atoms with E-state index in [0.717, 1.165) is 12.0 Å². The summed E-state index contributed by atoms with van der Waals surface area (Å²) in [6.07, 6.45) is 1.09. The van der Waals surface area contributed by atoms with E-state index in [2.05, 4.69) is 5.32 Å². The minimum Gasteiger partial charge on any atom is -0.482 e. The van der Waals surface area contributed by atoms with Crippen LogP contribution in [0.15, 0.2) is 48.5 Å². The number of amides is 2. The summed E-state index contributed by atoms with van der Waals surface area (Å²) in [6, 6.07) is 14.8. The molecule has 27 heavy (non-hydrogen) atoms. The second-order valence-electron chi connectivity index (χ2n) is 6.31. The Hall–Kier alpha value is -3.15. The van der Waals surface area contributed by atoms with Crippen molar-refractivity contribution >= 4 is 23.3 Å². The van der Waals surface area contributed by atoms with E-state index in [0.29, 0.717) is 30.0 Å². The standard InChI is InChI=1S/C21H22N2O4/c1-2-18(24)16-8-9-19-17(12-16)23(21(26)14-27-19)13-20(25)22-11-10-15-6-4-3-5-7-15/h3-9,12H,2,10-11,13-14H2,1H3,(H,22,25). The van der Waals surface area contributed by atoms with Crippen molar-refractivity contribution in [3.05, 3.63) is 59.7 Å². The molecule has 0 aromatic heterocycles. The minimum absolute atomic E-state index is 0.0249. The molecule has 2 amide bonds. The molecule has 1 N–H and O–H groups in total. The number of hydrogen-bond acceptors (Lipinski definition) is 4. The Morgan fingerprint density at radius 3 is 2.67 bits per heavy atom. The summed E-state index contributed by atoms with van der Waals surface area (Å²) in [5.74, 6) is -0.0800. The summed E-state index contributed by atoms with van der Waals surface area (Å²) in [7, 11) is 0. The van der Waals surface area contributed by atoms with Crippen molar-refractivity contribution in [2.24, 2.45) is 0 Å². The molecule has 0 fully saturated rings. The Bertz CT molecular complexity index is 849. The highest BCUT2D eigenvalue weighted by Crippen LogP contribution is 2.33. The molecule has 2 aromatic rings. The van der Waals surface area contributed by atoms with Gasteiger partial charge in [0.25, 0.3) is 5.91 Å². The SMILES string of the molecule is CCC(=O)c1ccc2c(c1)N(CC(=O)NCCc1ccccc1)C(=O)CO2. The zero-order valence-corrected chi connectivity index (χ0v) is 15.2. The highest BCUT2D eigenvalue weighted by molar-refractivity contribution is 6.04. The van der Waals surface area contributed by atoms with Crippen LogP contribution >= 0.6 is 0 Å². The number of benzene rings is 2. The van der Waals surface area contributed by atoms with E-state index in [-0.39, 0.29) is 30.7 Å². The number of Topliss-reactive ketones (excluding diaryl/α,β-unsaturated/α-hetero) is 1. The first-order valence-electron chi connectivity index (χ1n) is 8.99. The van der Waals surface area contributed by atoms with Gasteiger partial charge in [-0.05, 0) is 30.2 Å². The van der Waals surface area contributed by atoms with Crippen molar-refractivity contribution in [2.45, 2.75) is 19.8 Å². The maximum atomic E-state index is 12.3. The number of nitrogens with one attached hydrogen (secondary N) is 1. The Labute approximate surface area is 158 Å². The quantitative estimate of drug-likeness (QED) is 0.764. The second kappa shape index (κ2) is 8.49. The summed E-state index contributed by atoms with van der Waals surface area (Å²) in [5, 5.41) is 2.84. The third-order valence-corrected chi connectivity index (χ3v) is 4.43. The lowest BCUT2D eigenvalue weighted by Crippen LogP contribution is -2.45. The highest BCUT2D eigenvalue weighted by Gasteiger charge is 2.28. The predicted octanol–water partition coefficient (Wildman–Crippen LogP) is 2.36. The molecule has 0 bridgehead atoms. The van der Waals surface area contributed by atoms with Crippen LogP contribution in [0, 0.1) is 0 Å². The molecular formula is C21H22N2O4. The second-order valence-corrected chi connectivity index (χ2v) is 6.31. The van der Waals surface area contributed by atoms with Crippen LogP contribution in [0.1, 0.15) is 29.3 Å². The van der Waals surface area contributed by atoms with Crippen molar-refractivity contribution in [3.8, 4) is 5.75 Å². The van der Waals surface area contributed by atoms with Crippen LogP contribution in [0.2, 0.25) is 0 Å². The fourth-order valence-electron chi connectivity index (χ4n) is 2.94. The molecule has 6 heteroatoms. The summed E-state index contributed by atoms with van der Waals surface area (Å²) in [4.78, 5) is 37.9. The molecule has 0 atom stereocenters. The Balaban J connectivity index is 1.66. The van der Waals surface area contributed by atoms with Crippen LogP contribution in [0.25, 0.3) is 0 Å². The number of ketones is 1. The van der Waals surface area contributed by atoms with Crippen molar-refractivity contribution in [2.75, 3.05) is 24.6 Å². The monoisotopic (exact) mass is 366 g/mol. The van der Waals surface area contributed by atoms with Crippen LogP contribution in [-0.4, -0.2) is 37.3 Å². The number of carbonyl (C=O) groups is 3. The van der Waals surface area contributed by atoms with Gasteiger partial charge in [0.15, 0.2) is 12.4 Å². The van der Waals surface area contributed by atoms with E-state index in [4.69, 9.17) is 4.74 Å². The fourth-order valence-corrected chi connectivity index (χ4v) is 2.94. The third kappa shape index (κ3) is 4.53. The molecule has 3 rings (SSSR count). The van der Waals surface area contributed by atoms with E-state index in [1.807, 2.05) is 30.3 Å². The minimum atomic E-state index is -0.304. The van der Waals surface area contributed by atoms with Gasteiger partial charge in [-0.1, -0.05) is 37.3 Å². The lowest BCUT2D eigenvalue weighted by molar-refractivity contribution is -0.125. The third-order valence-electron chi connectivity index (χ3n) is 4.43. The van der Waals surface area contributed by atoms with Crippen molar-refractivity contribution < 1.29 is 19.1 Å². The summed E-state index contributed by atoms with van der Waals surface area (Å²) in [6.45, 7) is 2.04. The van der Waals surface area contributed by atoms with Crippen LogP contribution in [0.5, 0.6) is 5.75 Å². The Kier molecular flexibility index (Phi) is 5.86. The number of anilines is 1. The number of carbonyl (C=O) groups excluding carboxylic acids is 3. The Morgan fingerprint density at radius 1 is 1.15 bits per heavy atom. The number of hydrogen-bond donors (Lipinski definition) is 1. The molecule has 0 unspecified atom stereocenters. The van der Waals surface area contributed by atoms with E-state index < -0.39 is 0 Å². The highest BCUT2D eigenvalue weighted by atomic mass is 16.5. The van der Waals surface area contributed by atoms with Gasteiger partial charge in [0.05, 0.1) is 5.69 Å². The Morgan fingerprint density at radius 2 is 1.93 bits per heavy atom. The summed E-state index contributed by atoms with van der Waals surface area (Å²) < 4.78 is 5.42. The molecular weight excluding hydrogens is 344 g/mol. The first kappa shape index (κ1) is 18.6. The maximum Gasteiger partial charge on any atom is 0.265 e. The summed E-state index contributed by atoms with van der Waals surface area (Å²) in [5.41, 5.74) is 2.10. The average molecular weight is 366 g/mol. The van der Waals surface area contributed by atoms with Crippen LogP contribution in [0.3, 0.4) is 0 Å². The predicted molar refractivity (Wildman–Crippen MR) is 102 cm³/mol. The van der Waals surface area contributed by atoms with Crippen molar-refractivity contribution in [1.29, 1.82) is 0 Å². The van der Waals surface area contributed by atoms with Gasteiger partial charge in [-0.15, -0.1) is 0 Å². The van der Waals surface area contributed by atoms with Gasteiger partial charge >= 0.3 is 0 Å². The van der Waals surface area contributed by atoms with Gasteiger partial charge in [-0.25, -0.2) is 0 Å². The van der Waals surface area contributed by atoms with E-state index in [1.54, 1.807) is 25.1 Å². The molecule has 1 aliphatic heterocycles. The lowest BCUT2D eigenvalue weighted by Gasteiger charge is -2.29. The zero-order chi connectivity index (χ0) is 19.2. The molecule has 0 aliphatic carbocycles. The van der Waals surface area contributed by atoms with Gasteiger partial charge in [0.2, 0.25) is 5.91 Å². The molecule has 6 nitrogen and oxygen atoms in total. The zero-order valence-electron chi connectivity index (χ0n) is 15.2. The molecule has 0 spiro atoms. The molecule has 1 heterocycles. The first-order chi connectivity index (χ1) is 13.1. The number of rotatable bonds is 7. The van der Waals surface area contributed by atoms with E-state index in [1.165, 1.54) is 4.90 Å². The van der Waals surface area contributed by atoms with Crippen molar-refractivity contribution in [3.63, 3.8) is 0 Å². The molecule has 2 aromatic carbocycles. The van der Waals surface area contributed by atoms with E-state index >= 15 is 0 Å². The van der Waals surface area contributed by atoms with Crippen molar-refractivity contribution in [1.82, 2.24) is 5.32 Å².